The number of nitrogens with zero attached hydrogens (tertiary/aromatic N) is 6. The van der Waals surface area contributed by atoms with E-state index in [1.807, 2.05) is 6.07 Å². The largest absolute Gasteiger partial charge is 0.487 e. The van der Waals surface area contributed by atoms with Crippen molar-refractivity contribution in [1.29, 1.82) is 5.26 Å². The van der Waals surface area contributed by atoms with Gasteiger partial charge in [0.05, 0.1) is 28.4 Å². The van der Waals surface area contributed by atoms with E-state index in [0.717, 1.165) is 66.9 Å². The standard InChI is InChI=1S/C43H39F4N7O6S/c1-41(2)39(59)53(26-4-3-24(19-48)31(16-26)43(45,46)47)40(61)54(41)27-5-6-29(32(44)17-27)37(57)51-21-28(22-51)50-13-11-42(12-14-50)10-9-23-15-25-20-52(33-7-8-35(55)49-36(33)56)38(58)30(25)18-34(23)60-42/h3-6,15-18,28,33H,7-14,20-22H2,1-2H3,(H,49,55,56). The number of halogens is 4. The minimum absolute atomic E-state index is 0.0681. The van der Waals surface area contributed by atoms with E-state index in [2.05, 4.69) is 10.2 Å². The molecule has 316 valence electrons. The van der Waals surface area contributed by atoms with Crippen LogP contribution in [-0.2, 0) is 33.5 Å². The quantitative estimate of drug-likeness (QED) is 0.210. The Morgan fingerprint density at radius 3 is 2.34 bits per heavy atom. The minimum Gasteiger partial charge on any atom is -0.487 e. The summed E-state index contributed by atoms with van der Waals surface area (Å²) in [7, 11) is 0. The van der Waals surface area contributed by atoms with Crippen molar-refractivity contribution in [2.45, 2.75) is 88.3 Å². The maximum atomic E-state index is 15.8. The summed E-state index contributed by atoms with van der Waals surface area (Å²) in [5.74, 6) is -2.37. The molecule has 9 rings (SSSR count). The van der Waals surface area contributed by atoms with Gasteiger partial charge in [-0.3, -0.25) is 39.1 Å². The van der Waals surface area contributed by atoms with Gasteiger partial charge >= 0.3 is 6.18 Å². The molecule has 1 N–H and O–H groups in total. The van der Waals surface area contributed by atoms with Gasteiger partial charge in [-0.2, -0.15) is 18.4 Å². The lowest BCUT2D eigenvalue weighted by Gasteiger charge is -2.51. The van der Waals surface area contributed by atoms with Crippen molar-refractivity contribution in [1.82, 2.24) is 20.0 Å². The number of nitrogens with one attached hydrogen (secondary N) is 1. The highest BCUT2D eigenvalue weighted by Gasteiger charge is 2.51. The summed E-state index contributed by atoms with van der Waals surface area (Å²) in [5.41, 5.74) is -1.54. The molecule has 1 spiro atoms. The Hall–Kier alpha value is -5.93. The number of alkyl halides is 3. The van der Waals surface area contributed by atoms with Crippen LogP contribution in [0.5, 0.6) is 5.75 Å². The SMILES string of the molecule is CC1(C)C(=O)N(c2ccc(C#N)c(C(F)(F)F)c2)C(=S)N1c1ccc(C(=O)N2CC(N3CCC4(CCc5cc6c(cc5O4)C(=O)N(C4CCC(=O)NC4=O)C6)CC3)C2)c(F)c1. The number of ether oxygens (including phenoxy) is 1. The number of carbonyl (C=O) groups excluding carboxylic acids is 5. The predicted octanol–water partition coefficient (Wildman–Crippen LogP) is 5.08. The number of aryl methyl sites for hydroxylation is 1. The fourth-order valence-electron chi connectivity index (χ4n) is 9.53. The van der Waals surface area contributed by atoms with Crippen molar-refractivity contribution >= 4 is 58.2 Å². The normalized spacial score (nSPS) is 22.5. The van der Waals surface area contributed by atoms with Crippen LogP contribution in [0.4, 0.5) is 28.9 Å². The Kier molecular flexibility index (Phi) is 9.51. The average Bonchev–Trinajstić information content (AvgIpc) is 3.59. The molecule has 0 aliphatic carbocycles. The van der Waals surface area contributed by atoms with Gasteiger partial charge in [0.1, 0.15) is 28.7 Å². The van der Waals surface area contributed by atoms with Crippen molar-refractivity contribution < 1.29 is 46.3 Å². The molecule has 18 heteroatoms. The number of piperidine rings is 2. The molecule has 6 aliphatic rings. The van der Waals surface area contributed by atoms with Crippen LogP contribution >= 0.6 is 12.2 Å². The van der Waals surface area contributed by atoms with Gasteiger partial charge in [-0.15, -0.1) is 0 Å². The van der Waals surface area contributed by atoms with Crippen LogP contribution in [-0.4, -0.2) is 98.8 Å². The molecule has 3 aromatic carbocycles. The first kappa shape index (κ1) is 40.5. The molecule has 0 aromatic heterocycles. The number of benzene rings is 3. The second-order valence-corrected chi connectivity index (χ2v) is 17.4. The Bertz CT molecular complexity index is 2510. The molecule has 0 radical (unpaired) electrons. The van der Waals surface area contributed by atoms with Crippen LogP contribution in [0, 0.1) is 17.1 Å². The molecule has 61 heavy (non-hydrogen) atoms. The van der Waals surface area contributed by atoms with E-state index in [1.54, 1.807) is 11.0 Å². The lowest BCUT2D eigenvalue weighted by molar-refractivity contribution is -0.138. The van der Waals surface area contributed by atoms with Crippen LogP contribution in [0.15, 0.2) is 48.5 Å². The van der Waals surface area contributed by atoms with Crippen molar-refractivity contribution in [3.05, 3.63) is 87.7 Å². The molecule has 4 saturated heterocycles. The van der Waals surface area contributed by atoms with E-state index in [1.165, 1.54) is 47.9 Å². The number of hydrogen-bond donors (Lipinski definition) is 1. The number of imide groups is 1. The summed E-state index contributed by atoms with van der Waals surface area (Å²) in [6, 6.07) is 11.4. The van der Waals surface area contributed by atoms with Gasteiger partial charge in [-0.1, -0.05) is 0 Å². The third-order valence-electron chi connectivity index (χ3n) is 13.1. The highest BCUT2D eigenvalue weighted by molar-refractivity contribution is 7.81. The van der Waals surface area contributed by atoms with Crippen LogP contribution < -0.4 is 19.9 Å². The smallest absolute Gasteiger partial charge is 0.417 e. The van der Waals surface area contributed by atoms with E-state index in [0.29, 0.717) is 43.4 Å². The third kappa shape index (κ3) is 6.69. The van der Waals surface area contributed by atoms with Crippen LogP contribution in [0.1, 0.15) is 88.9 Å². The van der Waals surface area contributed by atoms with Gasteiger partial charge in [0, 0.05) is 56.4 Å². The van der Waals surface area contributed by atoms with Crippen LogP contribution in [0.2, 0.25) is 0 Å². The number of hydrogen-bond acceptors (Lipinski definition) is 9. The molecule has 1 unspecified atom stereocenters. The molecule has 4 fully saturated rings. The van der Waals surface area contributed by atoms with Crippen LogP contribution in [0.25, 0.3) is 0 Å². The summed E-state index contributed by atoms with van der Waals surface area (Å²) in [6.45, 7) is 5.54. The summed E-state index contributed by atoms with van der Waals surface area (Å²) in [6.07, 6.45) is -1.32. The Morgan fingerprint density at radius 1 is 0.951 bits per heavy atom. The van der Waals surface area contributed by atoms with Gasteiger partial charge < -0.3 is 19.4 Å². The number of likely N-dealkylation sites (tertiary alicyclic amines) is 2. The molecule has 1 atom stereocenters. The van der Waals surface area contributed by atoms with E-state index >= 15 is 4.39 Å². The molecule has 3 aromatic rings. The van der Waals surface area contributed by atoms with Gasteiger partial charge in [0.2, 0.25) is 11.8 Å². The van der Waals surface area contributed by atoms with Gasteiger partial charge in [-0.25, -0.2) is 4.39 Å². The summed E-state index contributed by atoms with van der Waals surface area (Å²) < 4.78 is 63.7. The van der Waals surface area contributed by atoms with Crippen molar-refractivity contribution in [2.24, 2.45) is 0 Å². The van der Waals surface area contributed by atoms with Gasteiger partial charge in [0.25, 0.3) is 17.7 Å². The Labute approximate surface area is 352 Å². The molecule has 6 heterocycles. The van der Waals surface area contributed by atoms with E-state index in [9.17, 15) is 42.4 Å². The summed E-state index contributed by atoms with van der Waals surface area (Å²) >= 11 is 5.57. The molecule has 0 saturated carbocycles. The topological polar surface area (TPSA) is 147 Å². The van der Waals surface area contributed by atoms with E-state index in [-0.39, 0.29) is 46.3 Å². The number of fused-ring (bicyclic) bond motifs is 2. The number of nitriles is 1. The molecule has 5 amide bonds. The number of anilines is 2. The Balaban J connectivity index is 0.815. The predicted molar refractivity (Wildman–Crippen MR) is 214 cm³/mol. The first-order valence-corrected chi connectivity index (χ1v) is 20.4. The lowest BCUT2D eigenvalue weighted by Crippen LogP contribution is -2.64. The van der Waals surface area contributed by atoms with E-state index in [4.69, 9.17) is 17.0 Å². The number of thiocarbonyl (C=S) groups is 1. The highest BCUT2D eigenvalue weighted by Crippen LogP contribution is 2.44. The molecular formula is C43H39F4N7O6S. The van der Waals surface area contributed by atoms with Crippen LogP contribution in [0.3, 0.4) is 0 Å². The maximum Gasteiger partial charge on any atom is 0.417 e. The number of amides is 5. The van der Waals surface area contributed by atoms with Crippen molar-refractivity contribution in [3.63, 3.8) is 0 Å². The van der Waals surface area contributed by atoms with Gasteiger partial charge in [-0.05, 0) is 118 Å². The summed E-state index contributed by atoms with van der Waals surface area (Å²) in [5, 5.41) is 11.4. The fraction of sp³-hybridized carbons (Fsp3) is 0.419. The molecule has 13 nitrogen and oxygen atoms in total. The first-order chi connectivity index (χ1) is 28.9. The maximum absolute atomic E-state index is 15.8. The zero-order valence-electron chi connectivity index (χ0n) is 33.1. The zero-order valence-corrected chi connectivity index (χ0v) is 33.9. The first-order valence-electron chi connectivity index (χ1n) is 20.0. The molecule has 0 bridgehead atoms. The number of carbonyl (C=O) groups is 5. The zero-order chi connectivity index (χ0) is 43.3. The summed E-state index contributed by atoms with van der Waals surface area (Å²) in [4.78, 5) is 72.4. The van der Waals surface area contributed by atoms with Crippen molar-refractivity contribution in [3.8, 4) is 11.8 Å². The molecule has 6 aliphatic heterocycles. The average molecular weight is 858 g/mol. The number of rotatable bonds is 5. The van der Waals surface area contributed by atoms with Crippen molar-refractivity contribution in [2.75, 3.05) is 36.0 Å². The fourth-order valence-corrected chi connectivity index (χ4v) is 10.1. The third-order valence-corrected chi connectivity index (χ3v) is 13.4. The molecular weight excluding hydrogens is 819 g/mol. The minimum atomic E-state index is -4.86. The monoisotopic (exact) mass is 857 g/mol. The second-order valence-electron chi connectivity index (χ2n) is 17.0. The van der Waals surface area contributed by atoms with E-state index < -0.39 is 58.0 Å². The lowest BCUT2D eigenvalue weighted by atomic mass is 9.82. The Morgan fingerprint density at radius 2 is 1.67 bits per heavy atom. The highest BCUT2D eigenvalue weighted by atomic mass is 32.1. The van der Waals surface area contributed by atoms with Gasteiger partial charge in [0.15, 0.2) is 5.11 Å². The second kappa shape index (κ2) is 14.3.